The van der Waals surface area contributed by atoms with E-state index in [1.807, 2.05) is 0 Å². The maximum Gasteiger partial charge on any atom is 0.279 e. The molecule has 2 fully saturated rings. The fraction of sp³-hybridized carbons (Fsp3) is 1.00. The molecule has 0 aromatic carbocycles. The van der Waals surface area contributed by atoms with Crippen molar-refractivity contribution in [3.05, 3.63) is 0 Å². The summed E-state index contributed by atoms with van der Waals surface area (Å²) in [5.74, 6) is 1.19. The van der Waals surface area contributed by atoms with E-state index in [1.165, 1.54) is 12.8 Å². The summed E-state index contributed by atoms with van der Waals surface area (Å²) < 4.78 is 29.2. The highest BCUT2D eigenvalue weighted by atomic mass is 32.2. The van der Waals surface area contributed by atoms with Gasteiger partial charge in [0.25, 0.3) is 10.2 Å². The SMILES string of the molecule is C[C@@H]1CCCN([C@@H](C)CNS(=O)(=O)N2CCC[C@H](C)C2)C1. The van der Waals surface area contributed by atoms with Gasteiger partial charge in [0, 0.05) is 32.2 Å². The molecule has 0 saturated carbocycles. The van der Waals surface area contributed by atoms with Gasteiger partial charge in [-0.1, -0.05) is 13.8 Å². The minimum absolute atomic E-state index is 0.268. The molecule has 21 heavy (non-hydrogen) atoms. The molecule has 0 spiro atoms. The lowest BCUT2D eigenvalue weighted by molar-refractivity contribution is 0.139. The Morgan fingerprint density at radius 3 is 2.33 bits per heavy atom. The molecule has 2 aliphatic heterocycles. The molecule has 0 amide bonds. The van der Waals surface area contributed by atoms with Gasteiger partial charge in [0.05, 0.1) is 0 Å². The first-order valence-corrected chi connectivity index (χ1v) is 9.81. The zero-order chi connectivity index (χ0) is 15.5. The number of nitrogens with one attached hydrogen (secondary N) is 1. The molecular weight excluding hydrogens is 286 g/mol. The molecule has 1 N–H and O–H groups in total. The van der Waals surface area contributed by atoms with Crippen LogP contribution in [0.1, 0.15) is 46.5 Å². The van der Waals surface area contributed by atoms with Gasteiger partial charge in [-0.25, -0.2) is 4.72 Å². The Morgan fingerprint density at radius 1 is 1.10 bits per heavy atom. The largest absolute Gasteiger partial charge is 0.299 e. The van der Waals surface area contributed by atoms with Gasteiger partial charge in [0.15, 0.2) is 0 Å². The summed E-state index contributed by atoms with van der Waals surface area (Å²) in [5, 5.41) is 0. The van der Waals surface area contributed by atoms with Crippen LogP contribution in [0.15, 0.2) is 0 Å². The summed E-state index contributed by atoms with van der Waals surface area (Å²) in [7, 11) is -3.31. The smallest absolute Gasteiger partial charge is 0.279 e. The van der Waals surface area contributed by atoms with Crippen LogP contribution in [0.25, 0.3) is 0 Å². The monoisotopic (exact) mass is 317 g/mol. The second kappa shape index (κ2) is 7.40. The molecule has 0 bridgehead atoms. The molecule has 0 aromatic heterocycles. The van der Waals surface area contributed by atoms with Crippen LogP contribution in [0.4, 0.5) is 0 Å². The van der Waals surface area contributed by atoms with Crippen molar-refractivity contribution < 1.29 is 8.42 Å². The molecule has 2 aliphatic rings. The number of nitrogens with zero attached hydrogens (tertiary/aromatic N) is 2. The summed E-state index contributed by atoms with van der Waals surface area (Å²) in [4.78, 5) is 2.41. The molecule has 0 unspecified atom stereocenters. The fourth-order valence-electron chi connectivity index (χ4n) is 3.44. The molecule has 6 heteroatoms. The number of hydrogen-bond donors (Lipinski definition) is 1. The first-order valence-electron chi connectivity index (χ1n) is 8.37. The Morgan fingerprint density at radius 2 is 1.71 bits per heavy atom. The fourth-order valence-corrected chi connectivity index (χ4v) is 4.89. The van der Waals surface area contributed by atoms with Crippen molar-refractivity contribution in [2.45, 2.75) is 52.5 Å². The lowest BCUT2D eigenvalue weighted by atomic mass is 9.99. The van der Waals surface area contributed by atoms with E-state index in [9.17, 15) is 8.42 Å². The third-order valence-corrected chi connectivity index (χ3v) is 6.38. The molecule has 2 heterocycles. The first kappa shape index (κ1) is 17.2. The lowest BCUT2D eigenvalue weighted by Crippen LogP contribution is -2.50. The Labute approximate surface area is 130 Å². The Hall–Kier alpha value is -0.170. The molecule has 0 radical (unpaired) electrons. The van der Waals surface area contributed by atoms with Gasteiger partial charge in [0.2, 0.25) is 0 Å². The second-order valence-electron chi connectivity index (χ2n) is 7.05. The molecule has 0 aliphatic carbocycles. The van der Waals surface area contributed by atoms with Crippen LogP contribution >= 0.6 is 0 Å². The van der Waals surface area contributed by atoms with Gasteiger partial charge < -0.3 is 0 Å². The number of piperidine rings is 2. The van der Waals surface area contributed by atoms with Crippen molar-refractivity contribution in [1.82, 2.24) is 13.9 Å². The van der Waals surface area contributed by atoms with E-state index in [1.54, 1.807) is 4.31 Å². The van der Waals surface area contributed by atoms with Crippen LogP contribution in [0.2, 0.25) is 0 Å². The maximum absolute atomic E-state index is 12.4. The van der Waals surface area contributed by atoms with Crippen LogP contribution in [-0.4, -0.2) is 56.4 Å². The van der Waals surface area contributed by atoms with Crippen molar-refractivity contribution in [3.8, 4) is 0 Å². The van der Waals surface area contributed by atoms with Crippen molar-refractivity contribution in [2.24, 2.45) is 11.8 Å². The zero-order valence-electron chi connectivity index (χ0n) is 13.7. The molecule has 124 valence electrons. The Kier molecular flexibility index (Phi) is 6.05. The topological polar surface area (TPSA) is 52.7 Å². The average molecular weight is 317 g/mol. The second-order valence-corrected chi connectivity index (χ2v) is 8.81. The van der Waals surface area contributed by atoms with Crippen LogP contribution < -0.4 is 4.72 Å². The lowest BCUT2D eigenvalue weighted by Gasteiger charge is -2.36. The first-order chi connectivity index (χ1) is 9.88. The van der Waals surface area contributed by atoms with E-state index in [-0.39, 0.29) is 6.04 Å². The van der Waals surface area contributed by atoms with Gasteiger partial charge >= 0.3 is 0 Å². The summed E-state index contributed by atoms with van der Waals surface area (Å²) >= 11 is 0. The summed E-state index contributed by atoms with van der Waals surface area (Å²) in [6, 6.07) is 0.268. The number of hydrogen-bond acceptors (Lipinski definition) is 3. The quantitative estimate of drug-likeness (QED) is 0.839. The van der Waals surface area contributed by atoms with Gasteiger partial charge in [-0.2, -0.15) is 12.7 Å². The standard InChI is InChI=1S/C15H31N3O2S/c1-13-6-4-8-17(11-13)15(3)10-16-21(19,20)18-9-5-7-14(2)12-18/h13-16H,4-12H2,1-3H3/t13-,14+,15+/m1/s1. The highest BCUT2D eigenvalue weighted by Crippen LogP contribution is 2.19. The van der Waals surface area contributed by atoms with E-state index >= 15 is 0 Å². The normalized spacial score (nSPS) is 31.2. The van der Waals surface area contributed by atoms with Crippen LogP contribution in [0.5, 0.6) is 0 Å². The van der Waals surface area contributed by atoms with Gasteiger partial charge in [0.1, 0.15) is 0 Å². The Balaban J connectivity index is 1.83. The van der Waals surface area contributed by atoms with Crippen LogP contribution in [0.3, 0.4) is 0 Å². The minimum atomic E-state index is -3.31. The van der Waals surface area contributed by atoms with Crippen molar-refractivity contribution in [3.63, 3.8) is 0 Å². The average Bonchev–Trinajstić information content (AvgIpc) is 2.45. The number of likely N-dealkylation sites (tertiary alicyclic amines) is 1. The van der Waals surface area contributed by atoms with Gasteiger partial charge in [-0.15, -0.1) is 0 Å². The predicted octanol–water partition coefficient (Wildman–Crippen LogP) is 1.67. The molecule has 3 atom stereocenters. The third kappa shape index (κ3) is 4.91. The highest BCUT2D eigenvalue weighted by molar-refractivity contribution is 7.87. The Bertz CT molecular complexity index is 427. The van der Waals surface area contributed by atoms with Crippen molar-refractivity contribution in [2.75, 3.05) is 32.7 Å². The highest BCUT2D eigenvalue weighted by Gasteiger charge is 2.28. The summed E-state index contributed by atoms with van der Waals surface area (Å²) in [6.45, 7) is 10.5. The van der Waals surface area contributed by atoms with Crippen molar-refractivity contribution >= 4 is 10.2 Å². The van der Waals surface area contributed by atoms with Crippen molar-refractivity contribution in [1.29, 1.82) is 0 Å². The van der Waals surface area contributed by atoms with Gasteiger partial charge in [-0.05, 0) is 51.0 Å². The zero-order valence-corrected chi connectivity index (χ0v) is 14.5. The summed E-state index contributed by atoms with van der Waals surface area (Å²) in [5.41, 5.74) is 0. The number of rotatable bonds is 5. The molecule has 2 rings (SSSR count). The molecule has 5 nitrogen and oxygen atoms in total. The van der Waals surface area contributed by atoms with Crippen LogP contribution in [0, 0.1) is 11.8 Å². The van der Waals surface area contributed by atoms with Gasteiger partial charge in [-0.3, -0.25) is 4.90 Å². The van der Waals surface area contributed by atoms with E-state index in [0.717, 1.165) is 31.8 Å². The van der Waals surface area contributed by atoms with E-state index in [4.69, 9.17) is 0 Å². The minimum Gasteiger partial charge on any atom is -0.299 e. The molecular formula is C15H31N3O2S. The summed E-state index contributed by atoms with van der Waals surface area (Å²) in [6.07, 6.45) is 4.62. The van der Waals surface area contributed by atoms with Crippen LogP contribution in [-0.2, 0) is 10.2 Å². The molecule has 2 saturated heterocycles. The predicted molar refractivity (Wildman–Crippen MR) is 86.3 cm³/mol. The van der Waals surface area contributed by atoms with E-state index < -0.39 is 10.2 Å². The van der Waals surface area contributed by atoms with E-state index in [2.05, 4.69) is 30.4 Å². The van der Waals surface area contributed by atoms with E-state index in [0.29, 0.717) is 25.6 Å². The third-order valence-electron chi connectivity index (χ3n) is 4.83. The maximum atomic E-state index is 12.4. The molecule has 0 aromatic rings.